The fourth-order valence-electron chi connectivity index (χ4n) is 3.36. The summed E-state index contributed by atoms with van der Waals surface area (Å²) < 4.78 is 1.59. The largest absolute Gasteiger partial charge is 0.354 e. The number of carbonyl (C=O) groups is 3. The van der Waals surface area contributed by atoms with E-state index in [0.29, 0.717) is 37.8 Å². The molecule has 0 atom stereocenters. The van der Waals surface area contributed by atoms with Crippen LogP contribution in [0.4, 0.5) is 0 Å². The zero-order valence-electron chi connectivity index (χ0n) is 17.8. The van der Waals surface area contributed by atoms with Crippen LogP contribution < -0.4 is 10.6 Å². The average molecular weight is 412 g/mol. The Labute approximate surface area is 176 Å². The smallest absolute Gasteiger partial charge is 0.272 e. The SMILES string of the molecule is Cc1cccc(CN2CCCn3nc(C(=O)NCC(=O)NCC(C)C)cc3C2=O)c1. The van der Waals surface area contributed by atoms with Gasteiger partial charge in [-0.3, -0.25) is 19.1 Å². The summed E-state index contributed by atoms with van der Waals surface area (Å²) in [6.07, 6.45) is 0.755. The third kappa shape index (κ3) is 5.46. The van der Waals surface area contributed by atoms with Crippen molar-refractivity contribution in [1.82, 2.24) is 25.3 Å². The van der Waals surface area contributed by atoms with Crippen molar-refractivity contribution in [1.29, 1.82) is 0 Å². The molecule has 0 unspecified atom stereocenters. The lowest BCUT2D eigenvalue weighted by Gasteiger charge is -2.20. The summed E-state index contributed by atoms with van der Waals surface area (Å²) in [5.41, 5.74) is 2.76. The van der Waals surface area contributed by atoms with Gasteiger partial charge in [-0.1, -0.05) is 43.7 Å². The maximum Gasteiger partial charge on any atom is 0.272 e. The van der Waals surface area contributed by atoms with Gasteiger partial charge in [-0.2, -0.15) is 5.10 Å². The van der Waals surface area contributed by atoms with Crippen molar-refractivity contribution in [2.24, 2.45) is 5.92 Å². The molecule has 0 bridgehead atoms. The van der Waals surface area contributed by atoms with Gasteiger partial charge in [0.1, 0.15) is 5.69 Å². The number of carbonyl (C=O) groups excluding carboxylic acids is 3. The van der Waals surface area contributed by atoms with Gasteiger partial charge in [-0.25, -0.2) is 0 Å². The topological polar surface area (TPSA) is 96.3 Å². The molecule has 3 amide bonds. The lowest BCUT2D eigenvalue weighted by atomic mass is 10.1. The number of benzene rings is 1. The fraction of sp³-hybridized carbons (Fsp3) is 0.455. The van der Waals surface area contributed by atoms with E-state index >= 15 is 0 Å². The molecule has 0 saturated carbocycles. The van der Waals surface area contributed by atoms with Crippen LogP contribution >= 0.6 is 0 Å². The Morgan fingerprint density at radius 3 is 2.70 bits per heavy atom. The Kier molecular flexibility index (Phi) is 6.87. The summed E-state index contributed by atoms with van der Waals surface area (Å²) in [5.74, 6) is -0.524. The normalized spacial score (nSPS) is 13.7. The molecule has 0 spiro atoms. The third-order valence-corrected chi connectivity index (χ3v) is 4.89. The second kappa shape index (κ2) is 9.56. The van der Waals surface area contributed by atoms with Crippen molar-refractivity contribution in [2.45, 2.75) is 40.3 Å². The average Bonchev–Trinajstić information content (AvgIpc) is 3.07. The van der Waals surface area contributed by atoms with Gasteiger partial charge in [0.2, 0.25) is 5.91 Å². The number of amides is 3. The van der Waals surface area contributed by atoms with Crippen LogP contribution in [0.15, 0.2) is 30.3 Å². The first-order valence-corrected chi connectivity index (χ1v) is 10.3. The van der Waals surface area contributed by atoms with Crippen molar-refractivity contribution < 1.29 is 14.4 Å². The Morgan fingerprint density at radius 2 is 1.97 bits per heavy atom. The lowest BCUT2D eigenvalue weighted by Crippen LogP contribution is -2.38. The molecule has 1 aromatic carbocycles. The molecular weight excluding hydrogens is 382 g/mol. The molecule has 8 nitrogen and oxygen atoms in total. The number of rotatable bonds is 7. The monoisotopic (exact) mass is 411 g/mol. The second-order valence-corrected chi connectivity index (χ2v) is 8.09. The van der Waals surface area contributed by atoms with Gasteiger partial charge >= 0.3 is 0 Å². The molecule has 160 valence electrons. The molecule has 1 aliphatic heterocycles. The van der Waals surface area contributed by atoms with Gasteiger partial charge in [-0.05, 0) is 24.8 Å². The van der Waals surface area contributed by atoms with Gasteiger partial charge in [0.15, 0.2) is 5.69 Å². The van der Waals surface area contributed by atoms with E-state index in [1.807, 2.05) is 39.0 Å². The molecule has 1 aliphatic rings. The maximum atomic E-state index is 13.0. The molecule has 0 saturated heterocycles. The van der Waals surface area contributed by atoms with Crippen LogP contribution in [-0.2, 0) is 17.9 Å². The van der Waals surface area contributed by atoms with Crippen LogP contribution in [0.25, 0.3) is 0 Å². The minimum absolute atomic E-state index is 0.124. The highest BCUT2D eigenvalue weighted by Gasteiger charge is 2.26. The number of aryl methyl sites for hydroxylation is 2. The maximum absolute atomic E-state index is 13.0. The van der Waals surface area contributed by atoms with E-state index in [0.717, 1.165) is 17.5 Å². The van der Waals surface area contributed by atoms with Crippen LogP contribution in [0.5, 0.6) is 0 Å². The van der Waals surface area contributed by atoms with Gasteiger partial charge < -0.3 is 15.5 Å². The number of hydrogen-bond donors (Lipinski definition) is 2. The van der Waals surface area contributed by atoms with Crippen molar-refractivity contribution in [3.63, 3.8) is 0 Å². The van der Waals surface area contributed by atoms with Crippen molar-refractivity contribution in [3.05, 3.63) is 52.8 Å². The zero-order chi connectivity index (χ0) is 21.7. The van der Waals surface area contributed by atoms with E-state index in [1.54, 1.807) is 9.58 Å². The van der Waals surface area contributed by atoms with E-state index in [9.17, 15) is 14.4 Å². The summed E-state index contributed by atoms with van der Waals surface area (Å²) in [7, 11) is 0. The number of aromatic nitrogens is 2. The predicted molar refractivity (Wildman–Crippen MR) is 113 cm³/mol. The minimum atomic E-state index is -0.465. The van der Waals surface area contributed by atoms with Crippen molar-refractivity contribution in [2.75, 3.05) is 19.6 Å². The predicted octanol–water partition coefficient (Wildman–Crippen LogP) is 1.74. The van der Waals surface area contributed by atoms with Crippen LogP contribution in [-0.4, -0.2) is 52.0 Å². The summed E-state index contributed by atoms with van der Waals surface area (Å²) in [6.45, 7) is 8.16. The molecule has 3 rings (SSSR count). The fourth-order valence-corrected chi connectivity index (χ4v) is 3.36. The van der Waals surface area contributed by atoms with Crippen LogP contribution in [0.1, 0.15) is 52.4 Å². The highest BCUT2D eigenvalue weighted by atomic mass is 16.2. The standard InChI is InChI=1S/C22H29N5O3/c1-15(2)12-23-20(28)13-24-21(29)18-11-19-22(30)26(8-5-9-27(19)25-18)14-17-7-4-6-16(3)10-17/h4,6-7,10-11,15H,5,8-9,12-14H2,1-3H3,(H,23,28)(H,24,29). The molecule has 0 fully saturated rings. The summed E-state index contributed by atoms with van der Waals surface area (Å²) in [4.78, 5) is 39.1. The molecule has 30 heavy (non-hydrogen) atoms. The van der Waals surface area contributed by atoms with Crippen LogP contribution in [0.3, 0.4) is 0 Å². The van der Waals surface area contributed by atoms with E-state index in [1.165, 1.54) is 6.07 Å². The number of nitrogens with zero attached hydrogens (tertiary/aromatic N) is 3. The molecule has 2 N–H and O–H groups in total. The van der Waals surface area contributed by atoms with E-state index in [-0.39, 0.29) is 24.1 Å². The minimum Gasteiger partial charge on any atom is -0.354 e. The quantitative estimate of drug-likeness (QED) is 0.725. The van der Waals surface area contributed by atoms with Gasteiger partial charge in [-0.15, -0.1) is 0 Å². The lowest BCUT2D eigenvalue weighted by molar-refractivity contribution is -0.120. The summed E-state index contributed by atoms with van der Waals surface area (Å²) >= 11 is 0. The van der Waals surface area contributed by atoms with E-state index < -0.39 is 5.91 Å². The molecule has 1 aromatic heterocycles. The van der Waals surface area contributed by atoms with Gasteiger partial charge in [0.05, 0.1) is 6.54 Å². The third-order valence-electron chi connectivity index (χ3n) is 4.89. The van der Waals surface area contributed by atoms with Crippen molar-refractivity contribution in [3.8, 4) is 0 Å². The Morgan fingerprint density at radius 1 is 1.17 bits per heavy atom. The first-order chi connectivity index (χ1) is 14.3. The van der Waals surface area contributed by atoms with Crippen molar-refractivity contribution >= 4 is 17.7 Å². The molecule has 8 heteroatoms. The molecule has 2 heterocycles. The molecule has 0 radical (unpaired) electrons. The Balaban J connectivity index is 1.65. The van der Waals surface area contributed by atoms with E-state index in [2.05, 4.69) is 21.8 Å². The molecular formula is C22H29N5O3. The van der Waals surface area contributed by atoms with Crippen LogP contribution in [0.2, 0.25) is 0 Å². The molecule has 0 aliphatic carbocycles. The first kappa shape index (κ1) is 21.5. The van der Waals surface area contributed by atoms with E-state index in [4.69, 9.17) is 0 Å². The highest BCUT2D eigenvalue weighted by Crippen LogP contribution is 2.17. The number of hydrogen-bond acceptors (Lipinski definition) is 4. The van der Waals surface area contributed by atoms with Crippen LogP contribution in [0, 0.1) is 12.8 Å². The summed E-state index contributed by atoms with van der Waals surface area (Å²) in [6, 6.07) is 9.59. The summed E-state index contributed by atoms with van der Waals surface area (Å²) in [5, 5.41) is 9.61. The zero-order valence-corrected chi connectivity index (χ0v) is 17.8. The number of fused-ring (bicyclic) bond motifs is 1. The number of nitrogens with one attached hydrogen (secondary N) is 2. The Hall–Kier alpha value is -3.16. The van der Waals surface area contributed by atoms with Gasteiger partial charge in [0, 0.05) is 32.2 Å². The molecule has 2 aromatic rings. The van der Waals surface area contributed by atoms with Gasteiger partial charge in [0.25, 0.3) is 11.8 Å². The Bertz CT molecular complexity index is 935. The first-order valence-electron chi connectivity index (χ1n) is 10.3. The highest BCUT2D eigenvalue weighted by molar-refractivity contribution is 5.99. The second-order valence-electron chi connectivity index (χ2n) is 8.09.